The second kappa shape index (κ2) is 10.5. The maximum Gasteiger partial charge on any atom is 0.338 e. The highest BCUT2D eigenvalue weighted by atomic mass is 16.5. The SMILES string of the molecule is CCCCCOCc1cccc(C2C(C#N)=C(N)OC(C)=C2C(=O)OCC)c1. The first-order valence-electron chi connectivity index (χ1n) is 9.65. The van der Waals surface area contributed by atoms with Crippen LogP contribution in [0, 0.1) is 11.3 Å². The molecule has 1 aliphatic rings. The number of ether oxygens (including phenoxy) is 3. The molecule has 2 N–H and O–H groups in total. The van der Waals surface area contributed by atoms with Crippen LogP contribution in [0.15, 0.2) is 47.1 Å². The molecule has 0 fully saturated rings. The minimum absolute atomic E-state index is 0.0132. The van der Waals surface area contributed by atoms with Crippen LogP contribution in [0.1, 0.15) is 57.1 Å². The highest BCUT2D eigenvalue weighted by molar-refractivity contribution is 5.92. The zero-order chi connectivity index (χ0) is 20.5. The average molecular weight is 384 g/mol. The lowest BCUT2D eigenvalue weighted by Gasteiger charge is -2.27. The van der Waals surface area contributed by atoms with Gasteiger partial charge in [-0.3, -0.25) is 0 Å². The summed E-state index contributed by atoms with van der Waals surface area (Å²) in [5.41, 5.74) is 8.18. The summed E-state index contributed by atoms with van der Waals surface area (Å²) in [5.74, 6) is -0.773. The lowest BCUT2D eigenvalue weighted by molar-refractivity contribution is -0.139. The van der Waals surface area contributed by atoms with Crippen LogP contribution in [0.2, 0.25) is 0 Å². The molecule has 0 aliphatic carbocycles. The van der Waals surface area contributed by atoms with Gasteiger partial charge in [-0.2, -0.15) is 5.26 Å². The van der Waals surface area contributed by atoms with E-state index < -0.39 is 11.9 Å². The zero-order valence-corrected chi connectivity index (χ0v) is 16.8. The van der Waals surface area contributed by atoms with Crippen molar-refractivity contribution in [2.45, 2.75) is 52.6 Å². The van der Waals surface area contributed by atoms with Crippen LogP contribution in [-0.4, -0.2) is 19.2 Å². The van der Waals surface area contributed by atoms with Crippen LogP contribution in [-0.2, 0) is 25.6 Å². The molecule has 0 spiro atoms. The fourth-order valence-electron chi connectivity index (χ4n) is 3.19. The molecule has 0 bridgehead atoms. The van der Waals surface area contributed by atoms with Crippen LogP contribution in [0.5, 0.6) is 0 Å². The summed E-state index contributed by atoms with van der Waals surface area (Å²) in [7, 11) is 0. The minimum Gasteiger partial charge on any atom is -0.463 e. The van der Waals surface area contributed by atoms with Gasteiger partial charge in [-0.1, -0.05) is 44.0 Å². The Morgan fingerprint density at radius 2 is 2.11 bits per heavy atom. The van der Waals surface area contributed by atoms with Gasteiger partial charge in [-0.25, -0.2) is 4.79 Å². The van der Waals surface area contributed by atoms with E-state index in [1.165, 1.54) is 0 Å². The van der Waals surface area contributed by atoms with Crippen molar-refractivity contribution in [3.05, 3.63) is 58.2 Å². The first kappa shape index (κ1) is 21.5. The van der Waals surface area contributed by atoms with E-state index in [-0.39, 0.29) is 18.1 Å². The number of rotatable bonds is 9. The lowest BCUT2D eigenvalue weighted by atomic mass is 9.82. The monoisotopic (exact) mass is 384 g/mol. The second-order valence-electron chi connectivity index (χ2n) is 6.62. The van der Waals surface area contributed by atoms with Crippen LogP contribution >= 0.6 is 0 Å². The van der Waals surface area contributed by atoms with Crippen molar-refractivity contribution in [1.29, 1.82) is 5.26 Å². The van der Waals surface area contributed by atoms with Crippen molar-refractivity contribution in [1.82, 2.24) is 0 Å². The Hall–Kier alpha value is -2.78. The number of benzene rings is 1. The van der Waals surface area contributed by atoms with E-state index in [1.54, 1.807) is 13.8 Å². The van der Waals surface area contributed by atoms with Crippen LogP contribution < -0.4 is 5.73 Å². The number of carbonyl (C=O) groups excluding carboxylic acids is 1. The Balaban J connectivity index is 2.32. The fourth-order valence-corrected chi connectivity index (χ4v) is 3.19. The van der Waals surface area contributed by atoms with E-state index in [4.69, 9.17) is 19.9 Å². The van der Waals surface area contributed by atoms with Gasteiger partial charge in [0.25, 0.3) is 0 Å². The quantitative estimate of drug-likeness (QED) is 0.510. The molecule has 0 amide bonds. The Morgan fingerprint density at radius 3 is 2.79 bits per heavy atom. The summed E-state index contributed by atoms with van der Waals surface area (Å²) in [5, 5.41) is 9.63. The summed E-state index contributed by atoms with van der Waals surface area (Å²) in [6.07, 6.45) is 3.32. The third-order valence-electron chi connectivity index (χ3n) is 4.55. The number of hydrogen-bond donors (Lipinski definition) is 1. The van der Waals surface area contributed by atoms with Crippen molar-refractivity contribution in [3.8, 4) is 6.07 Å². The molecule has 6 heteroatoms. The fraction of sp³-hybridized carbons (Fsp3) is 0.455. The molecule has 28 heavy (non-hydrogen) atoms. The van der Waals surface area contributed by atoms with Crippen molar-refractivity contribution in [2.24, 2.45) is 5.73 Å². The minimum atomic E-state index is -0.627. The normalized spacial score (nSPS) is 16.6. The third-order valence-corrected chi connectivity index (χ3v) is 4.55. The third kappa shape index (κ3) is 5.14. The molecule has 1 aromatic rings. The van der Waals surface area contributed by atoms with E-state index >= 15 is 0 Å². The number of unbranched alkanes of at least 4 members (excludes halogenated alkanes) is 2. The molecule has 150 valence electrons. The number of nitriles is 1. The van der Waals surface area contributed by atoms with Crippen molar-refractivity contribution in [2.75, 3.05) is 13.2 Å². The van der Waals surface area contributed by atoms with Gasteiger partial charge in [0.15, 0.2) is 0 Å². The number of nitrogens with zero attached hydrogens (tertiary/aromatic N) is 1. The summed E-state index contributed by atoms with van der Waals surface area (Å²) >= 11 is 0. The molecule has 1 aliphatic heterocycles. The van der Waals surface area contributed by atoms with E-state index in [0.29, 0.717) is 24.5 Å². The van der Waals surface area contributed by atoms with Crippen molar-refractivity contribution in [3.63, 3.8) is 0 Å². The molecule has 0 aromatic heterocycles. The number of esters is 1. The maximum atomic E-state index is 12.6. The highest BCUT2D eigenvalue weighted by Gasteiger charge is 2.36. The van der Waals surface area contributed by atoms with Gasteiger partial charge in [0, 0.05) is 6.61 Å². The Morgan fingerprint density at radius 1 is 1.32 bits per heavy atom. The number of allylic oxidation sites excluding steroid dienone is 2. The van der Waals surface area contributed by atoms with Gasteiger partial charge in [0.2, 0.25) is 5.88 Å². The molecular weight excluding hydrogens is 356 g/mol. The molecule has 0 saturated carbocycles. The van der Waals surface area contributed by atoms with Gasteiger partial charge in [-0.05, 0) is 31.4 Å². The number of hydrogen-bond acceptors (Lipinski definition) is 6. The molecule has 0 saturated heterocycles. The Labute approximate surface area is 166 Å². The van der Waals surface area contributed by atoms with E-state index in [1.807, 2.05) is 24.3 Å². The molecule has 1 atom stereocenters. The predicted octanol–water partition coefficient (Wildman–Crippen LogP) is 4.04. The van der Waals surface area contributed by atoms with Gasteiger partial charge >= 0.3 is 5.97 Å². The second-order valence-corrected chi connectivity index (χ2v) is 6.62. The summed E-state index contributed by atoms with van der Waals surface area (Å²) in [4.78, 5) is 12.6. The van der Waals surface area contributed by atoms with Crippen LogP contribution in [0.25, 0.3) is 0 Å². The van der Waals surface area contributed by atoms with Crippen LogP contribution in [0.4, 0.5) is 0 Å². The van der Waals surface area contributed by atoms with E-state index in [9.17, 15) is 10.1 Å². The number of nitrogens with two attached hydrogens (primary N) is 1. The Bertz CT molecular complexity index is 805. The summed E-state index contributed by atoms with van der Waals surface area (Å²) in [6.45, 7) is 6.95. The van der Waals surface area contributed by atoms with Gasteiger partial charge in [0.05, 0.1) is 24.7 Å². The molecule has 2 rings (SSSR count). The van der Waals surface area contributed by atoms with Gasteiger partial charge < -0.3 is 19.9 Å². The molecule has 0 radical (unpaired) electrons. The van der Waals surface area contributed by atoms with Crippen molar-refractivity contribution < 1.29 is 19.0 Å². The smallest absolute Gasteiger partial charge is 0.338 e. The highest BCUT2D eigenvalue weighted by Crippen LogP contribution is 2.39. The van der Waals surface area contributed by atoms with E-state index in [2.05, 4.69) is 13.0 Å². The molecule has 6 nitrogen and oxygen atoms in total. The predicted molar refractivity (Wildman–Crippen MR) is 106 cm³/mol. The van der Waals surface area contributed by atoms with Gasteiger partial charge in [-0.15, -0.1) is 0 Å². The van der Waals surface area contributed by atoms with E-state index in [0.717, 1.165) is 30.4 Å². The molecule has 1 aromatic carbocycles. The lowest BCUT2D eigenvalue weighted by Crippen LogP contribution is -2.25. The zero-order valence-electron chi connectivity index (χ0n) is 16.8. The molecule has 1 heterocycles. The standard InChI is InChI=1S/C22H28N2O4/c1-4-6-7-11-26-14-16-9-8-10-17(12-16)20-18(13-23)21(24)28-15(3)19(20)22(25)27-5-2/h8-10,12,20H,4-7,11,14,24H2,1-3H3. The topological polar surface area (TPSA) is 94.6 Å². The summed E-state index contributed by atoms with van der Waals surface area (Å²) in [6, 6.07) is 9.75. The average Bonchev–Trinajstić information content (AvgIpc) is 2.67. The largest absolute Gasteiger partial charge is 0.463 e. The maximum absolute atomic E-state index is 12.6. The first-order valence-corrected chi connectivity index (χ1v) is 9.65. The van der Waals surface area contributed by atoms with Gasteiger partial charge in [0.1, 0.15) is 17.4 Å². The number of carbonyl (C=O) groups is 1. The first-order chi connectivity index (χ1) is 13.5. The Kier molecular flexibility index (Phi) is 8.09. The summed E-state index contributed by atoms with van der Waals surface area (Å²) < 4.78 is 16.4. The molecular formula is C22H28N2O4. The van der Waals surface area contributed by atoms with Crippen LogP contribution in [0.3, 0.4) is 0 Å². The van der Waals surface area contributed by atoms with Crippen molar-refractivity contribution >= 4 is 5.97 Å². The molecule has 1 unspecified atom stereocenters.